The largest absolute Gasteiger partial charge is 0.457 e. The summed E-state index contributed by atoms with van der Waals surface area (Å²) in [6.45, 7) is 3.34. The number of ether oxygens (including phenoxy) is 1. The molecule has 3 unspecified atom stereocenters. The number of carbonyl (C=O) groups excluding carboxylic acids is 1. The molecule has 2 aliphatic rings. The lowest BCUT2D eigenvalue weighted by atomic mass is 9.87. The van der Waals surface area contributed by atoms with Gasteiger partial charge in [-0.15, -0.1) is 11.3 Å². The van der Waals surface area contributed by atoms with Crippen LogP contribution in [-0.4, -0.2) is 41.6 Å². The van der Waals surface area contributed by atoms with Gasteiger partial charge in [0, 0.05) is 24.4 Å². The number of piperidine rings is 2. The molecule has 2 fully saturated rings. The molecule has 3 heterocycles. The van der Waals surface area contributed by atoms with Crippen molar-refractivity contribution in [1.29, 1.82) is 0 Å². The zero-order valence-electron chi connectivity index (χ0n) is 9.97. The second kappa shape index (κ2) is 5.27. The molecule has 6 heteroatoms. The van der Waals surface area contributed by atoms with Crippen molar-refractivity contribution in [2.45, 2.75) is 25.4 Å². The van der Waals surface area contributed by atoms with Gasteiger partial charge in [0.05, 0.1) is 0 Å². The maximum absolute atomic E-state index is 12.0. The minimum Gasteiger partial charge on any atom is -0.457 e. The molecule has 0 aliphatic carbocycles. The van der Waals surface area contributed by atoms with Crippen LogP contribution in [-0.2, 0) is 4.74 Å². The van der Waals surface area contributed by atoms with E-state index in [1.54, 1.807) is 5.38 Å². The number of hydrogen-bond acceptors (Lipinski definition) is 5. The fraction of sp³-hybridized carbons (Fsp3) is 0.667. The molecule has 3 rings (SSSR count). The Morgan fingerprint density at radius 1 is 1.50 bits per heavy atom. The average molecular weight is 331 g/mol. The quantitative estimate of drug-likeness (QED) is 0.781. The number of rotatable bonds is 2. The van der Waals surface area contributed by atoms with Gasteiger partial charge in [0.2, 0.25) is 0 Å². The predicted octanol–water partition coefficient (Wildman–Crippen LogP) is 2.55. The van der Waals surface area contributed by atoms with Crippen molar-refractivity contribution in [2.75, 3.05) is 19.6 Å². The Bertz CT molecular complexity index is 451. The third kappa shape index (κ3) is 2.60. The maximum Gasteiger partial charge on any atom is 0.358 e. The van der Waals surface area contributed by atoms with Gasteiger partial charge in [0.15, 0.2) is 9.61 Å². The molecular weight excluding hydrogens is 316 g/mol. The highest BCUT2D eigenvalue weighted by atomic mass is 79.9. The molecule has 0 saturated carbocycles. The number of fused-ring (bicyclic) bond motifs is 2. The van der Waals surface area contributed by atoms with E-state index in [0.29, 0.717) is 11.6 Å². The smallest absolute Gasteiger partial charge is 0.358 e. The van der Waals surface area contributed by atoms with Gasteiger partial charge in [-0.3, -0.25) is 0 Å². The van der Waals surface area contributed by atoms with Gasteiger partial charge < -0.3 is 9.64 Å². The fourth-order valence-electron chi connectivity index (χ4n) is 2.84. The zero-order valence-corrected chi connectivity index (χ0v) is 12.4. The lowest BCUT2D eigenvalue weighted by molar-refractivity contribution is -0.0296. The lowest BCUT2D eigenvalue weighted by Crippen LogP contribution is -2.48. The minimum atomic E-state index is -0.277. The zero-order chi connectivity index (χ0) is 12.5. The number of carbonyl (C=O) groups is 1. The van der Waals surface area contributed by atoms with E-state index in [1.165, 1.54) is 30.7 Å². The molecule has 1 aromatic rings. The lowest BCUT2D eigenvalue weighted by Gasteiger charge is -2.41. The number of nitrogens with zero attached hydrogens (tertiary/aromatic N) is 2. The number of aromatic nitrogens is 1. The molecule has 0 amide bonds. The molecule has 2 aliphatic heterocycles. The van der Waals surface area contributed by atoms with E-state index in [4.69, 9.17) is 4.74 Å². The standard InChI is InChI=1S/C12H15BrN2O2S/c13-12-14-9(7-18-12)11(16)17-10-3-5-15-4-1-2-8(10)6-15/h7-8,10H,1-6H2. The summed E-state index contributed by atoms with van der Waals surface area (Å²) in [7, 11) is 0. The Morgan fingerprint density at radius 3 is 3.17 bits per heavy atom. The van der Waals surface area contributed by atoms with Crippen LogP contribution in [0.5, 0.6) is 0 Å². The van der Waals surface area contributed by atoms with Crippen LogP contribution in [0.1, 0.15) is 29.8 Å². The van der Waals surface area contributed by atoms with E-state index < -0.39 is 0 Å². The molecule has 1 aromatic heterocycles. The molecule has 3 atom stereocenters. The fourth-order valence-corrected chi connectivity index (χ4v) is 3.82. The van der Waals surface area contributed by atoms with E-state index in [-0.39, 0.29) is 12.1 Å². The number of thiazole rings is 1. The monoisotopic (exact) mass is 330 g/mol. The highest BCUT2D eigenvalue weighted by Crippen LogP contribution is 2.29. The summed E-state index contributed by atoms with van der Waals surface area (Å²) in [6, 6.07) is 0. The van der Waals surface area contributed by atoms with Gasteiger partial charge in [-0.05, 0) is 41.7 Å². The third-order valence-electron chi connectivity index (χ3n) is 3.74. The molecule has 18 heavy (non-hydrogen) atoms. The summed E-state index contributed by atoms with van der Waals surface area (Å²) < 4.78 is 6.36. The van der Waals surface area contributed by atoms with Gasteiger partial charge in [-0.1, -0.05) is 0 Å². The van der Waals surface area contributed by atoms with E-state index in [1.807, 2.05) is 0 Å². The summed E-state index contributed by atoms with van der Waals surface area (Å²) in [6.07, 6.45) is 3.44. The van der Waals surface area contributed by atoms with Crippen molar-refractivity contribution in [1.82, 2.24) is 9.88 Å². The van der Waals surface area contributed by atoms with Crippen molar-refractivity contribution in [2.24, 2.45) is 5.92 Å². The van der Waals surface area contributed by atoms with Crippen molar-refractivity contribution < 1.29 is 9.53 Å². The SMILES string of the molecule is O=C(OC1CCN2CCCC1C2)c1csc(Br)n1. The summed E-state index contributed by atoms with van der Waals surface area (Å²) >= 11 is 4.67. The van der Waals surface area contributed by atoms with Crippen LogP contribution in [0.25, 0.3) is 0 Å². The minimum absolute atomic E-state index is 0.0783. The van der Waals surface area contributed by atoms with Crippen LogP contribution < -0.4 is 0 Å². The van der Waals surface area contributed by atoms with Crippen LogP contribution in [0.3, 0.4) is 0 Å². The molecule has 2 bridgehead atoms. The first-order valence-electron chi connectivity index (χ1n) is 6.27. The van der Waals surface area contributed by atoms with Crippen LogP contribution in [0, 0.1) is 5.92 Å². The van der Waals surface area contributed by atoms with Crippen LogP contribution in [0.2, 0.25) is 0 Å². The van der Waals surface area contributed by atoms with Crippen molar-refractivity contribution in [3.8, 4) is 0 Å². The first kappa shape index (κ1) is 12.6. The summed E-state index contributed by atoms with van der Waals surface area (Å²) in [5.41, 5.74) is 0.421. The van der Waals surface area contributed by atoms with Gasteiger partial charge in [-0.2, -0.15) is 0 Å². The highest BCUT2D eigenvalue weighted by molar-refractivity contribution is 9.11. The maximum atomic E-state index is 12.0. The van der Waals surface area contributed by atoms with E-state index >= 15 is 0 Å². The Morgan fingerprint density at radius 2 is 2.39 bits per heavy atom. The van der Waals surface area contributed by atoms with Crippen molar-refractivity contribution in [3.05, 3.63) is 15.0 Å². The van der Waals surface area contributed by atoms with E-state index in [2.05, 4.69) is 25.8 Å². The second-order valence-corrected chi connectivity index (χ2v) is 7.06. The Hall–Kier alpha value is -0.460. The number of halogens is 1. The third-order valence-corrected chi connectivity index (χ3v) is 5.11. The molecule has 4 nitrogen and oxygen atoms in total. The van der Waals surface area contributed by atoms with Gasteiger partial charge in [0.1, 0.15) is 6.10 Å². The van der Waals surface area contributed by atoms with Gasteiger partial charge >= 0.3 is 5.97 Å². The highest BCUT2D eigenvalue weighted by Gasteiger charge is 2.34. The Balaban J connectivity index is 1.63. The Kier molecular flexibility index (Phi) is 3.68. The second-order valence-electron chi connectivity index (χ2n) is 4.92. The van der Waals surface area contributed by atoms with Crippen molar-refractivity contribution >= 4 is 33.2 Å². The molecule has 0 radical (unpaired) electrons. The van der Waals surface area contributed by atoms with Gasteiger partial charge in [0.25, 0.3) is 0 Å². The normalized spacial score (nSPS) is 31.1. The van der Waals surface area contributed by atoms with E-state index in [9.17, 15) is 4.79 Å². The van der Waals surface area contributed by atoms with Crippen LogP contribution in [0.4, 0.5) is 0 Å². The topological polar surface area (TPSA) is 42.4 Å². The first-order valence-corrected chi connectivity index (χ1v) is 7.94. The van der Waals surface area contributed by atoms with Gasteiger partial charge in [-0.25, -0.2) is 9.78 Å². The summed E-state index contributed by atoms with van der Waals surface area (Å²) in [4.78, 5) is 18.6. The summed E-state index contributed by atoms with van der Waals surface area (Å²) in [5.74, 6) is 0.236. The molecule has 2 saturated heterocycles. The predicted molar refractivity (Wildman–Crippen MR) is 72.8 cm³/mol. The van der Waals surface area contributed by atoms with Crippen molar-refractivity contribution in [3.63, 3.8) is 0 Å². The van der Waals surface area contributed by atoms with Crippen LogP contribution in [0.15, 0.2) is 9.30 Å². The van der Waals surface area contributed by atoms with E-state index in [0.717, 1.165) is 23.4 Å². The Labute approximate surface area is 118 Å². The van der Waals surface area contributed by atoms with Crippen LogP contribution >= 0.6 is 27.3 Å². The molecule has 0 spiro atoms. The number of esters is 1. The average Bonchev–Trinajstić information content (AvgIpc) is 2.80. The molecule has 98 valence electrons. The summed E-state index contributed by atoms with van der Waals surface area (Å²) in [5, 5.41) is 1.74. The first-order chi connectivity index (χ1) is 8.72. The number of hydrogen-bond donors (Lipinski definition) is 0. The molecule has 0 N–H and O–H groups in total. The molecular formula is C12H15BrN2O2S. The molecule has 0 aromatic carbocycles.